The Morgan fingerprint density at radius 2 is 1.91 bits per heavy atom. The molecular formula is C32H39ClN6O5. The Kier molecular flexibility index (Phi) is 9.20. The number of halogens is 1. The van der Waals surface area contributed by atoms with Gasteiger partial charge >= 0.3 is 0 Å². The zero-order valence-electron chi connectivity index (χ0n) is 25.3. The number of methoxy groups -OCH3 is 1. The summed E-state index contributed by atoms with van der Waals surface area (Å²) in [5, 5.41) is 18.0. The summed E-state index contributed by atoms with van der Waals surface area (Å²) in [6.45, 7) is 6.20. The molecule has 0 radical (unpaired) electrons. The number of amides is 1. The maximum atomic E-state index is 12.7. The number of aliphatic hydroxyl groups is 1. The van der Waals surface area contributed by atoms with Crippen molar-refractivity contribution in [3.63, 3.8) is 0 Å². The van der Waals surface area contributed by atoms with Gasteiger partial charge in [0.25, 0.3) is 5.91 Å². The van der Waals surface area contributed by atoms with Gasteiger partial charge in [0.2, 0.25) is 11.8 Å². The number of hydrogen-bond acceptors (Lipinski definition) is 10. The smallest absolute Gasteiger partial charge is 0.258 e. The van der Waals surface area contributed by atoms with Crippen LogP contribution >= 0.6 is 11.6 Å². The Morgan fingerprint density at radius 3 is 2.66 bits per heavy atom. The third kappa shape index (κ3) is 6.47. The highest BCUT2D eigenvalue weighted by molar-refractivity contribution is 6.31. The molecule has 3 aromatic rings. The normalized spacial score (nSPS) is 18.8. The van der Waals surface area contributed by atoms with E-state index in [2.05, 4.69) is 25.5 Å². The standard InChI is InChI=1S/C32H39ClN6O5/c1-19-15-25(27(42-3)16-23(19)29(40)35-21-7-11-39(12-8-21)22-9-13-43-14-10-22)36-32-34-17-24(33)30(37-32)44-26-6-4-5-20-18-38(2)31(41)28(20)26/h4-6,15-17,21-22,29,35,40H,7-14,18H2,1-3H3,(H,34,36,37). The summed E-state index contributed by atoms with van der Waals surface area (Å²) in [6.07, 6.45) is 4.78. The average molecular weight is 623 g/mol. The molecule has 44 heavy (non-hydrogen) atoms. The molecule has 11 nitrogen and oxygen atoms in total. The third-order valence-corrected chi connectivity index (χ3v) is 9.02. The summed E-state index contributed by atoms with van der Waals surface area (Å²) >= 11 is 6.39. The molecule has 0 bridgehead atoms. The zero-order chi connectivity index (χ0) is 30.8. The third-order valence-electron chi connectivity index (χ3n) is 8.76. The predicted molar refractivity (Wildman–Crippen MR) is 167 cm³/mol. The van der Waals surface area contributed by atoms with Crippen LogP contribution in [0.1, 0.15) is 59.0 Å². The van der Waals surface area contributed by atoms with Gasteiger partial charge in [-0.05, 0) is 75.0 Å². The van der Waals surface area contributed by atoms with Crippen molar-refractivity contribution in [1.82, 2.24) is 25.1 Å². The summed E-state index contributed by atoms with van der Waals surface area (Å²) in [7, 11) is 3.33. The van der Waals surface area contributed by atoms with Crippen LogP contribution < -0.4 is 20.1 Å². The number of benzene rings is 2. The maximum absolute atomic E-state index is 12.7. The quantitative estimate of drug-likeness (QED) is 0.287. The molecule has 0 aliphatic carbocycles. The second-order valence-corrected chi connectivity index (χ2v) is 12.1. The number of anilines is 2. The van der Waals surface area contributed by atoms with Gasteiger partial charge in [-0.2, -0.15) is 4.98 Å². The molecule has 3 N–H and O–H groups in total. The highest BCUT2D eigenvalue weighted by Gasteiger charge is 2.30. The van der Waals surface area contributed by atoms with Crippen LogP contribution in [-0.4, -0.2) is 83.3 Å². The van der Waals surface area contributed by atoms with E-state index in [1.165, 1.54) is 6.20 Å². The van der Waals surface area contributed by atoms with Crippen molar-refractivity contribution in [2.75, 3.05) is 45.8 Å². The SMILES string of the molecule is COc1cc(C(O)NC2CCN(C3CCOCC3)CC2)c(C)cc1Nc1ncc(Cl)c(Oc2cccc3c2C(=O)N(C)C3)n1. The van der Waals surface area contributed by atoms with Gasteiger partial charge in [-0.3, -0.25) is 10.1 Å². The molecule has 12 heteroatoms. The van der Waals surface area contributed by atoms with E-state index in [0.717, 1.165) is 68.7 Å². The first kappa shape index (κ1) is 30.5. The van der Waals surface area contributed by atoms with Crippen LogP contribution in [0, 0.1) is 6.92 Å². The molecule has 1 atom stereocenters. The fourth-order valence-corrected chi connectivity index (χ4v) is 6.45. The minimum atomic E-state index is -0.835. The van der Waals surface area contributed by atoms with Gasteiger partial charge in [-0.15, -0.1) is 0 Å². The van der Waals surface area contributed by atoms with Gasteiger partial charge in [0.05, 0.1) is 24.6 Å². The van der Waals surface area contributed by atoms with Crippen molar-refractivity contribution < 1.29 is 24.1 Å². The molecule has 0 saturated carbocycles. The van der Waals surface area contributed by atoms with Crippen molar-refractivity contribution >= 4 is 29.1 Å². The van der Waals surface area contributed by atoms with E-state index in [4.69, 9.17) is 25.8 Å². The maximum Gasteiger partial charge on any atom is 0.258 e. The Hall–Kier alpha value is -3.48. The number of nitrogens with zero attached hydrogens (tertiary/aromatic N) is 4. The molecule has 1 amide bonds. The Morgan fingerprint density at radius 1 is 1.14 bits per heavy atom. The van der Waals surface area contributed by atoms with Gasteiger partial charge in [0.1, 0.15) is 22.7 Å². The molecule has 2 fully saturated rings. The van der Waals surface area contributed by atoms with E-state index in [1.807, 2.05) is 31.2 Å². The first-order chi connectivity index (χ1) is 21.3. The molecular weight excluding hydrogens is 584 g/mol. The van der Waals surface area contributed by atoms with E-state index in [9.17, 15) is 9.90 Å². The number of rotatable bonds is 9. The summed E-state index contributed by atoms with van der Waals surface area (Å²) < 4.78 is 17.2. The molecule has 1 unspecified atom stereocenters. The Balaban J connectivity index is 1.13. The first-order valence-electron chi connectivity index (χ1n) is 15.1. The molecule has 3 aliphatic rings. The largest absolute Gasteiger partial charge is 0.495 e. The summed E-state index contributed by atoms with van der Waals surface area (Å²) in [6, 6.07) is 10.0. The van der Waals surface area contributed by atoms with Crippen molar-refractivity contribution in [2.24, 2.45) is 0 Å². The number of carbonyl (C=O) groups excluding carboxylic acids is 1. The molecule has 6 rings (SSSR count). The number of hydrogen-bond donors (Lipinski definition) is 3. The molecule has 234 valence electrons. The van der Waals surface area contributed by atoms with E-state index in [-0.39, 0.29) is 28.8 Å². The van der Waals surface area contributed by atoms with E-state index in [1.54, 1.807) is 25.1 Å². The van der Waals surface area contributed by atoms with Crippen LogP contribution in [0.15, 0.2) is 36.5 Å². The van der Waals surface area contributed by atoms with Crippen LogP contribution in [-0.2, 0) is 11.3 Å². The summed E-state index contributed by atoms with van der Waals surface area (Å²) in [5.41, 5.74) is 3.63. The zero-order valence-corrected chi connectivity index (χ0v) is 26.1. The van der Waals surface area contributed by atoms with Gasteiger partial charge in [-0.25, -0.2) is 4.98 Å². The predicted octanol–water partition coefficient (Wildman–Crippen LogP) is 4.79. The van der Waals surface area contributed by atoms with Crippen molar-refractivity contribution in [3.05, 3.63) is 63.8 Å². The molecule has 0 spiro atoms. The van der Waals surface area contributed by atoms with Gasteiger partial charge in [0, 0.05) is 44.5 Å². The number of nitrogens with one attached hydrogen (secondary N) is 2. The summed E-state index contributed by atoms with van der Waals surface area (Å²) in [4.78, 5) is 25.7. The minimum Gasteiger partial charge on any atom is -0.495 e. The lowest BCUT2D eigenvalue weighted by Gasteiger charge is -2.40. The molecule has 4 heterocycles. The number of aryl methyl sites for hydroxylation is 1. The van der Waals surface area contributed by atoms with Crippen molar-refractivity contribution in [3.8, 4) is 17.4 Å². The molecule has 1 aromatic heterocycles. The number of likely N-dealkylation sites (tertiary alicyclic amines) is 1. The van der Waals surface area contributed by atoms with Crippen LogP contribution in [0.4, 0.5) is 11.6 Å². The number of fused-ring (bicyclic) bond motifs is 1. The summed E-state index contributed by atoms with van der Waals surface area (Å²) in [5.74, 6) is 1.15. The lowest BCUT2D eigenvalue weighted by atomic mass is 9.98. The second kappa shape index (κ2) is 13.3. The number of piperidine rings is 1. The van der Waals surface area contributed by atoms with Gasteiger partial charge in [-0.1, -0.05) is 23.7 Å². The molecule has 2 aromatic carbocycles. The average Bonchev–Trinajstić information content (AvgIpc) is 3.33. The van der Waals surface area contributed by atoms with E-state index in [0.29, 0.717) is 35.3 Å². The van der Waals surface area contributed by atoms with Crippen LogP contribution in [0.25, 0.3) is 0 Å². The minimum absolute atomic E-state index is 0.114. The van der Waals surface area contributed by atoms with Crippen LogP contribution in [0.2, 0.25) is 5.02 Å². The number of aromatic nitrogens is 2. The molecule has 2 saturated heterocycles. The van der Waals surface area contributed by atoms with E-state index >= 15 is 0 Å². The number of ether oxygens (including phenoxy) is 3. The Bertz CT molecular complexity index is 1510. The lowest BCUT2D eigenvalue weighted by molar-refractivity contribution is 0.0190. The second-order valence-electron chi connectivity index (χ2n) is 11.7. The number of carbonyl (C=O) groups is 1. The van der Waals surface area contributed by atoms with Gasteiger partial charge < -0.3 is 34.4 Å². The fraction of sp³-hybridized carbons (Fsp3) is 0.469. The number of aliphatic hydroxyl groups excluding tert-OH is 1. The van der Waals surface area contributed by atoms with Gasteiger partial charge in [0.15, 0.2) is 0 Å². The van der Waals surface area contributed by atoms with Crippen LogP contribution in [0.5, 0.6) is 17.4 Å². The Labute approximate surface area is 262 Å². The topological polar surface area (TPSA) is 121 Å². The molecule has 3 aliphatic heterocycles. The van der Waals surface area contributed by atoms with Crippen molar-refractivity contribution in [2.45, 2.75) is 57.5 Å². The monoisotopic (exact) mass is 622 g/mol. The van der Waals surface area contributed by atoms with Crippen LogP contribution in [0.3, 0.4) is 0 Å². The van der Waals surface area contributed by atoms with E-state index < -0.39 is 6.23 Å². The highest BCUT2D eigenvalue weighted by atomic mass is 35.5. The fourth-order valence-electron chi connectivity index (χ4n) is 6.32. The van der Waals surface area contributed by atoms with Crippen molar-refractivity contribution in [1.29, 1.82) is 0 Å². The lowest BCUT2D eigenvalue weighted by Crippen LogP contribution is -2.48. The highest BCUT2D eigenvalue weighted by Crippen LogP contribution is 2.37. The first-order valence-corrected chi connectivity index (χ1v) is 15.5.